The van der Waals surface area contributed by atoms with Gasteiger partial charge in [0.2, 0.25) is 10.0 Å². The van der Waals surface area contributed by atoms with E-state index >= 15 is 0 Å². The van der Waals surface area contributed by atoms with Crippen molar-refractivity contribution < 1.29 is 21.9 Å². The third-order valence-electron chi connectivity index (χ3n) is 3.87. The van der Waals surface area contributed by atoms with Crippen LogP contribution in [0.2, 0.25) is 0 Å². The van der Waals surface area contributed by atoms with Gasteiger partial charge < -0.3 is 4.74 Å². The lowest BCUT2D eigenvalue weighted by molar-refractivity contribution is -0.0377. The second-order valence-corrected chi connectivity index (χ2v) is 7.12. The molecular weight excluding hydrogens is 326 g/mol. The molecule has 1 aromatic carbocycles. The summed E-state index contributed by atoms with van der Waals surface area (Å²) in [6.07, 6.45) is 2.38. The number of nitrogens with one attached hydrogen (secondary N) is 1. The molecule has 0 saturated carbocycles. The van der Waals surface area contributed by atoms with Gasteiger partial charge in [0.15, 0.2) is 0 Å². The van der Waals surface area contributed by atoms with Gasteiger partial charge in [0.05, 0.1) is 17.5 Å². The molecule has 1 N–H and O–H groups in total. The van der Waals surface area contributed by atoms with Gasteiger partial charge in [0.25, 0.3) is 5.92 Å². The zero-order valence-electron chi connectivity index (χ0n) is 12.2. The number of hydrogen-bond acceptors (Lipinski definition) is 4. The molecule has 23 heavy (non-hydrogen) atoms. The van der Waals surface area contributed by atoms with Crippen molar-refractivity contribution >= 4 is 20.8 Å². The average molecular weight is 342 g/mol. The molecule has 0 spiro atoms. The second-order valence-electron chi connectivity index (χ2n) is 5.44. The first-order valence-corrected chi connectivity index (χ1v) is 8.69. The number of alkyl halides is 2. The summed E-state index contributed by atoms with van der Waals surface area (Å²) >= 11 is 0. The summed E-state index contributed by atoms with van der Waals surface area (Å²) in [5.41, 5.74) is 0. The maximum absolute atomic E-state index is 14.1. The molecule has 1 aliphatic rings. The van der Waals surface area contributed by atoms with Crippen LogP contribution in [-0.2, 0) is 14.8 Å². The summed E-state index contributed by atoms with van der Waals surface area (Å²) in [5, 5.41) is 1.08. The van der Waals surface area contributed by atoms with Gasteiger partial charge in [-0.15, -0.1) is 0 Å². The van der Waals surface area contributed by atoms with Gasteiger partial charge in [-0.2, -0.15) is 0 Å². The normalized spacial score (nSPS) is 21.9. The Labute approximate surface area is 132 Å². The summed E-state index contributed by atoms with van der Waals surface area (Å²) in [4.78, 5) is 3.87. The van der Waals surface area contributed by atoms with Gasteiger partial charge >= 0.3 is 0 Å². The number of rotatable bonds is 3. The number of ether oxygens (including phenoxy) is 1. The largest absolute Gasteiger partial charge is 0.381 e. The lowest BCUT2D eigenvalue weighted by Gasteiger charge is -2.25. The third-order valence-corrected chi connectivity index (χ3v) is 5.40. The molecule has 2 heterocycles. The fraction of sp³-hybridized carbons (Fsp3) is 0.400. The highest BCUT2D eigenvalue weighted by Gasteiger charge is 2.43. The average Bonchev–Trinajstić information content (AvgIpc) is 2.68. The molecule has 5 nitrogen and oxygen atoms in total. The van der Waals surface area contributed by atoms with Crippen molar-refractivity contribution in [2.75, 3.05) is 13.2 Å². The van der Waals surface area contributed by atoms with Gasteiger partial charge in [-0.05, 0) is 23.9 Å². The molecule has 2 aromatic rings. The first kappa shape index (κ1) is 16.2. The predicted molar refractivity (Wildman–Crippen MR) is 80.9 cm³/mol. The Bertz CT molecular complexity index is 806. The van der Waals surface area contributed by atoms with Crippen LogP contribution in [0.1, 0.15) is 12.8 Å². The van der Waals surface area contributed by atoms with Crippen molar-refractivity contribution in [3.05, 3.63) is 36.7 Å². The van der Waals surface area contributed by atoms with Crippen LogP contribution in [0.15, 0.2) is 41.6 Å². The molecule has 1 atom stereocenters. The summed E-state index contributed by atoms with van der Waals surface area (Å²) in [6.45, 7) is 0.0171. The van der Waals surface area contributed by atoms with E-state index in [9.17, 15) is 17.2 Å². The van der Waals surface area contributed by atoms with Crippen molar-refractivity contribution in [2.24, 2.45) is 0 Å². The van der Waals surface area contributed by atoms with Crippen LogP contribution in [0.3, 0.4) is 0 Å². The monoisotopic (exact) mass is 342 g/mol. The first-order chi connectivity index (χ1) is 10.9. The van der Waals surface area contributed by atoms with Crippen LogP contribution >= 0.6 is 0 Å². The van der Waals surface area contributed by atoms with Gasteiger partial charge in [-0.3, -0.25) is 4.98 Å². The number of benzene rings is 1. The Kier molecular flexibility index (Phi) is 4.31. The first-order valence-electron chi connectivity index (χ1n) is 7.21. The Hall–Kier alpha value is -1.64. The van der Waals surface area contributed by atoms with Crippen LogP contribution in [0, 0.1) is 0 Å². The number of pyridine rings is 1. The minimum absolute atomic E-state index is 0.0518. The molecule has 8 heteroatoms. The molecule has 1 unspecified atom stereocenters. The Morgan fingerprint density at radius 3 is 2.91 bits per heavy atom. The minimum Gasteiger partial charge on any atom is -0.381 e. The van der Waals surface area contributed by atoms with Crippen molar-refractivity contribution in [1.82, 2.24) is 9.71 Å². The number of hydrogen-bond donors (Lipinski definition) is 1. The summed E-state index contributed by atoms with van der Waals surface area (Å²) in [6, 6.07) is 4.89. The molecular formula is C15H16F2N2O3S. The van der Waals surface area contributed by atoms with E-state index in [2.05, 4.69) is 9.71 Å². The number of fused-ring (bicyclic) bond motifs is 1. The maximum Gasteiger partial charge on any atom is 0.266 e. The van der Waals surface area contributed by atoms with Crippen LogP contribution in [0.5, 0.6) is 0 Å². The molecule has 0 radical (unpaired) electrons. The number of sulfonamides is 1. The van der Waals surface area contributed by atoms with E-state index in [0.29, 0.717) is 10.8 Å². The molecule has 0 bridgehead atoms. The molecule has 0 amide bonds. The fourth-order valence-electron chi connectivity index (χ4n) is 2.61. The smallest absolute Gasteiger partial charge is 0.266 e. The third kappa shape index (κ3) is 3.34. The van der Waals surface area contributed by atoms with Crippen LogP contribution < -0.4 is 4.72 Å². The Morgan fingerprint density at radius 2 is 2.09 bits per heavy atom. The highest BCUT2D eigenvalue weighted by molar-refractivity contribution is 7.89. The van der Waals surface area contributed by atoms with Gasteiger partial charge in [0, 0.05) is 30.8 Å². The predicted octanol–water partition coefficient (Wildman–Crippen LogP) is 2.33. The van der Waals surface area contributed by atoms with E-state index in [0.717, 1.165) is 0 Å². The zero-order valence-corrected chi connectivity index (χ0v) is 13.0. The van der Waals surface area contributed by atoms with Crippen LogP contribution in [0.25, 0.3) is 10.8 Å². The summed E-state index contributed by atoms with van der Waals surface area (Å²) in [7, 11) is -4.10. The highest BCUT2D eigenvalue weighted by atomic mass is 32.2. The lowest BCUT2D eigenvalue weighted by atomic mass is 10.1. The lowest BCUT2D eigenvalue weighted by Crippen LogP contribution is -2.47. The Balaban J connectivity index is 1.97. The van der Waals surface area contributed by atoms with E-state index in [1.54, 1.807) is 24.4 Å². The SMILES string of the molecule is O=S(=O)(NC1CCOCCC1(F)F)c1cccc2ccncc12. The second kappa shape index (κ2) is 6.10. The summed E-state index contributed by atoms with van der Waals surface area (Å²) < 4.78 is 60.5. The zero-order chi connectivity index (χ0) is 16.5. The van der Waals surface area contributed by atoms with Crippen LogP contribution in [0.4, 0.5) is 8.78 Å². The number of halogens is 2. The number of nitrogens with zero attached hydrogens (tertiary/aromatic N) is 1. The quantitative estimate of drug-likeness (QED) is 0.930. The topological polar surface area (TPSA) is 68.3 Å². The summed E-state index contributed by atoms with van der Waals surface area (Å²) in [5.74, 6) is -3.15. The van der Waals surface area contributed by atoms with E-state index < -0.39 is 28.4 Å². The van der Waals surface area contributed by atoms with Crippen molar-refractivity contribution in [1.29, 1.82) is 0 Å². The molecule has 3 rings (SSSR count). The fourth-order valence-corrected chi connectivity index (χ4v) is 4.12. The molecule has 1 aromatic heterocycles. The minimum atomic E-state index is -4.10. The van der Waals surface area contributed by atoms with Gasteiger partial charge in [-0.1, -0.05) is 12.1 Å². The standard InChI is InChI=1S/C15H16F2N2O3S/c16-15(17)6-9-22-8-5-14(15)19-23(20,21)13-3-1-2-11-4-7-18-10-12(11)13/h1-4,7,10,14,19H,5-6,8-9H2. The van der Waals surface area contributed by atoms with Gasteiger partial charge in [0.1, 0.15) is 0 Å². The molecule has 1 fully saturated rings. The Morgan fingerprint density at radius 1 is 1.26 bits per heavy atom. The van der Waals surface area contributed by atoms with Crippen molar-refractivity contribution in [2.45, 2.75) is 29.7 Å². The highest BCUT2D eigenvalue weighted by Crippen LogP contribution is 2.30. The maximum atomic E-state index is 14.1. The molecule has 1 aliphatic heterocycles. The van der Waals surface area contributed by atoms with Gasteiger partial charge in [-0.25, -0.2) is 21.9 Å². The van der Waals surface area contributed by atoms with E-state index in [1.807, 2.05) is 0 Å². The number of aromatic nitrogens is 1. The molecule has 124 valence electrons. The van der Waals surface area contributed by atoms with E-state index in [4.69, 9.17) is 4.74 Å². The van der Waals surface area contributed by atoms with Crippen molar-refractivity contribution in [3.63, 3.8) is 0 Å². The molecule has 1 saturated heterocycles. The van der Waals surface area contributed by atoms with E-state index in [-0.39, 0.29) is 24.5 Å². The van der Waals surface area contributed by atoms with Crippen LogP contribution in [-0.4, -0.2) is 38.6 Å². The molecule has 0 aliphatic carbocycles. The van der Waals surface area contributed by atoms with E-state index in [1.165, 1.54) is 12.3 Å². The van der Waals surface area contributed by atoms with Crippen molar-refractivity contribution in [3.8, 4) is 0 Å².